The maximum Gasteiger partial charge on any atom is 0.310 e. The zero-order valence-electron chi connectivity index (χ0n) is 35.3. The number of sulfonamides is 1. The molecule has 3 N–H and O–H groups in total. The molecule has 0 radical (unpaired) electrons. The average Bonchev–Trinajstić information content (AvgIpc) is 3.46. The van der Waals surface area contributed by atoms with E-state index in [4.69, 9.17) is 9.84 Å². The number of rotatable bonds is 9. The highest BCUT2D eigenvalue weighted by Crippen LogP contribution is 2.37. The number of hydrogen-bond acceptors (Lipinski definition) is 9. The molecule has 0 saturated carbocycles. The molecule has 8 rings (SSSR count). The third-order valence-corrected chi connectivity index (χ3v) is 12.1. The number of anilines is 1. The van der Waals surface area contributed by atoms with Crippen LogP contribution in [0.1, 0.15) is 63.0 Å². The van der Waals surface area contributed by atoms with Crippen LogP contribution in [0.25, 0.3) is 11.3 Å². The average molecular weight is 865 g/mol. The summed E-state index contributed by atoms with van der Waals surface area (Å²) in [6.45, 7) is 3.29. The van der Waals surface area contributed by atoms with Gasteiger partial charge in [-0.25, -0.2) is 13.4 Å². The molecule has 1 atom stereocenters. The number of aliphatic hydroxyl groups is 1. The number of amides is 1. The molecule has 0 spiro atoms. The van der Waals surface area contributed by atoms with E-state index in [0.29, 0.717) is 23.3 Å². The van der Waals surface area contributed by atoms with Crippen LogP contribution >= 0.6 is 0 Å². The lowest BCUT2D eigenvalue weighted by molar-refractivity contribution is -0.138. The van der Waals surface area contributed by atoms with Crippen molar-refractivity contribution < 1.29 is 37.8 Å². The van der Waals surface area contributed by atoms with Crippen LogP contribution < -0.4 is 10.1 Å². The summed E-state index contributed by atoms with van der Waals surface area (Å²) < 4.78 is 31.8. The molecule has 0 bridgehead atoms. The number of para-hydroxylation sites is 1. The van der Waals surface area contributed by atoms with E-state index in [9.17, 15) is 27.9 Å². The Morgan fingerprint density at radius 2 is 1.44 bits per heavy atom. The Kier molecular flexibility index (Phi) is 14.7. The van der Waals surface area contributed by atoms with Crippen molar-refractivity contribution in [1.29, 1.82) is 0 Å². The van der Waals surface area contributed by atoms with E-state index in [1.54, 1.807) is 85.8 Å². The lowest BCUT2D eigenvalue weighted by Crippen LogP contribution is -2.37. The number of benzene rings is 5. The van der Waals surface area contributed by atoms with Crippen LogP contribution in [0.2, 0.25) is 0 Å². The molecule has 2 aliphatic heterocycles. The van der Waals surface area contributed by atoms with Gasteiger partial charge in [0.05, 0.1) is 10.8 Å². The summed E-state index contributed by atoms with van der Waals surface area (Å²) in [4.78, 5) is 41.7. The van der Waals surface area contributed by atoms with Crippen molar-refractivity contribution >= 4 is 44.8 Å². The monoisotopic (exact) mass is 864 g/mol. The van der Waals surface area contributed by atoms with E-state index in [1.807, 2.05) is 12.1 Å². The highest BCUT2D eigenvalue weighted by Gasteiger charge is 2.37. The highest BCUT2D eigenvalue weighted by atomic mass is 32.2. The molecule has 0 fully saturated rings. The van der Waals surface area contributed by atoms with Crippen molar-refractivity contribution in [1.82, 2.24) is 14.2 Å². The Bertz CT molecular complexity index is 2720. The van der Waals surface area contributed by atoms with Crippen LogP contribution in [0, 0.1) is 0 Å². The maximum absolute atomic E-state index is 12.5. The lowest BCUT2D eigenvalue weighted by atomic mass is 9.93. The molecule has 3 heterocycles. The van der Waals surface area contributed by atoms with Gasteiger partial charge in [0, 0.05) is 42.0 Å². The van der Waals surface area contributed by atoms with Gasteiger partial charge in [-0.15, -0.1) is 0 Å². The fraction of sp³-hybridized carbons (Fsp3) is 0.160. The van der Waals surface area contributed by atoms with E-state index in [1.165, 1.54) is 47.6 Å². The minimum atomic E-state index is -3.91. The summed E-state index contributed by atoms with van der Waals surface area (Å²) in [6, 6.07) is 43.5. The van der Waals surface area contributed by atoms with Crippen molar-refractivity contribution in [3.63, 3.8) is 0 Å². The second kappa shape index (κ2) is 20.5. The second-order valence-corrected chi connectivity index (χ2v) is 16.8. The van der Waals surface area contributed by atoms with Crippen LogP contribution in [0.15, 0.2) is 168 Å². The predicted octanol–water partition coefficient (Wildman–Crippen LogP) is 8.65. The molecule has 322 valence electrons. The van der Waals surface area contributed by atoms with Crippen molar-refractivity contribution in [3.05, 3.63) is 203 Å². The Morgan fingerprint density at radius 3 is 2.14 bits per heavy atom. The first-order chi connectivity index (χ1) is 30.3. The minimum absolute atomic E-state index is 0.0469. The Hall–Kier alpha value is -7.35. The third kappa shape index (κ3) is 10.8. The van der Waals surface area contributed by atoms with Crippen molar-refractivity contribution in [2.75, 3.05) is 33.0 Å². The van der Waals surface area contributed by atoms with Crippen molar-refractivity contribution in [2.24, 2.45) is 0 Å². The van der Waals surface area contributed by atoms with Crippen molar-refractivity contribution in [2.45, 2.75) is 30.8 Å². The lowest BCUT2D eigenvalue weighted by Gasteiger charge is -2.28. The number of hydrogen-bond donors (Lipinski definition) is 3. The number of nitrogens with zero attached hydrogens (tertiary/aromatic N) is 3. The molecule has 5 aromatic carbocycles. The standard InChI is InChI=1S/C19H21NO.C16H14O3.C15H13N3O4S/c1-20(2)13-7-11-17-16-9-4-3-8-15(16)14-21-19-12-6-5-10-18(17)19;1-11(16(18)19)13-8-5-9-14(10-13)15(17)12-6-3-2-4-7-12;1-18-13(15(20)17-12-8-4-5-9-16-12)14(19)10-6-2-3-7-11(10)23(18,21)22/h3-6,8-12H,7,13-14H2,1-2H3;2-11H,1H3,(H,18,19);2-9,19H,1H3,(H,16,17,20). The number of ether oxygens (including phenoxy) is 1. The predicted molar refractivity (Wildman–Crippen MR) is 244 cm³/mol. The molecular weight excluding hydrogens is 817 g/mol. The zero-order chi connectivity index (χ0) is 45.1. The van der Waals surface area contributed by atoms with E-state index in [-0.39, 0.29) is 27.8 Å². The van der Waals surface area contributed by atoms with Gasteiger partial charge in [0.2, 0.25) is 0 Å². The molecule has 12 nitrogen and oxygen atoms in total. The normalized spacial score (nSPS) is 14.5. The number of carboxylic acid groups (broad SMARTS) is 1. The Balaban J connectivity index is 0.000000158. The maximum atomic E-state index is 12.5. The van der Waals surface area contributed by atoms with Gasteiger partial charge in [-0.2, -0.15) is 0 Å². The minimum Gasteiger partial charge on any atom is -0.505 e. The summed E-state index contributed by atoms with van der Waals surface area (Å²) in [5.41, 5.74) is 6.52. The van der Waals surface area contributed by atoms with E-state index in [2.05, 4.69) is 77.8 Å². The molecule has 1 unspecified atom stereocenters. The van der Waals surface area contributed by atoms with Gasteiger partial charge in [0.1, 0.15) is 18.2 Å². The highest BCUT2D eigenvalue weighted by molar-refractivity contribution is 7.89. The molecule has 6 aromatic rings. The summed E-state index contributed by atoms with van der Waals surface area (Å²) in [7, 11) is 1.53. The molecule has 2 aliphatic rings. The quantitative estimate of drug-likeness (QED) is 0.120. The largest absolute Gasteiger partial charge is 0.505 e. The number of likely N-dealkylation sites (N-methyl/N-ethyl adjacent to an activating group) is 1. The number of aliphatic carboxylic acids is 1. The SMILES string of the molecule is CC(C(=O)O)c1cccc(C(=O)c2ccccc2)c1.CN(C)CCC=C1c2ccccc2COc2ccccc21.CN1C(C(=O)Nc2ccccn2)=C(O)c2ccccc2S1(=O)=O. The number of carbonyl (C=O) groups is 3. The van der Waals surface area contributed by atoms with Gasteiger partial charge in [-0.1, -0.05) is 115 Å². The summed E-state index contributed by atoms with van der Waals surface area (Å²) in [5, 5.41) is 21.8. The number of pyridine rings is 1. The summed E-state index contributed by atoms with van der Waals surface area (Å²) in [6.07, 6.45) is 4.86. The van der Waals surface area contributed by atoms with Gasteiger partial charge in [0.15, 0.2) is 17.2 Å². The number of nitrogens with one attached hydrogen (secondary N) is 1. The number of fused-ring (bicyclic) bond motifs is 3. The Morgan fingerprint density at radius 1 is 0.810 bits per heavy atom. The van der Waals surface area contributed by atoms with Gasteiger partial charge in [0.25, 0.3) is 15.9 Å². The molecule has 63 heavy (non-hydrogen) atoms. The number of aliphatic hydroxyl groups excluding tert-OH is 1. The zero-order valence-corrected chi connectivity index (χ0v) is 36.1. The van der Waals surface area contributed by atoms with Crippen LogP contribution in [-0.4, -0.2) is 78.2 Å². The van der Waals surface area contributed by atoms with Crippen LogP contribution in [0.4, 0.5) is 5.82 Å². The number of carbonyl (C=O) groups excluding carboxylic acids is 2. The van der Waals surface area contributed by atoms with Gasteiger partial charge in [-0.05, 0) is 86.1 Å². The van der Waals surface area contributed by atoms with Crippen molar-refractivity contribution in [3.8, 4) is 5.75 Å². The van der Waals surface area contributed by atoms with E-state index < -0.39 is 33.6 Å². The molecule has 1 amide bonds. The van der Waals surface area contributed by atoms with Gasteiger partial charge < -0.3 is 25.2 Å². The fourth-order valence-corrected chi connectivity index (χ4v) is 8.25. The molecule has 0 aliphatic carbocycles. The van der Waals surface area contributed by atoms with Gasteiger partial charge >= 0.3 is 5.97 Å². The van der Waals surface area contributed by atoms with Crippen LogP contribution in [0.3, 0.4) is 0 Å². The fourth-order valence-electron chi connectivity index (χ4n) is 6.85. The Labute approximate surface area is 367 Å². The number of ketones is 1. The molecule has 1 aromatic heterocycles. The smallest absolute Gasteiger partial charge is 0.310 e. The first kappa shape index (κ1) is 45.2. The second-order valence-electron chi connectivity index (χ2n) is 14.9. The first-order valence-electron chi connectivity index (χ1n) is 20.1. The van der Waals surface area contributed by atoms with Crippen LogP contribution in [-0.2, 0) is 26.2 Å². The number of carboxylic acids is 1. The molecule has 0 saturated heterocycles. The van der Waals surface area contributed by atoms with Gasteiger partial charge in [-0.3, -0.25) is 18.7 Å². The summed E-state index contributed by atoms with van der Waals surface area (Å²) >= 11 is 0. The third-order valence-electron chi connectivity index (χ3n) is 10.3. The van der Waals surface area contributed by atoms with Crippen LogP contribution in [0.5, 0.6) is 5.75 Å². The molecular formula is C50H48N4O8S. The molecule has 13 heteroatoms. The summed E-state index contributed by atoms with van der Waals surface area (Å²) in [5.74, 6) is -1.55. The first-order valence-corrected chi connectivity index (χ1v) is 21.5. The number of aromatic nitrogens is 1. The van der Waals surface area contributed by atoms with E-state index in [0.717, 1.165) is 23.0 Å². The van der Waals surface area contributed by atoms with E-state index >= 15 is 0 Å². The topological polar surface area (TPSA) is 166 Å².